The molecule has 0 aliphatic carbocycles. The highest BCUT2D eigenvalue weighted by atomic mass is 19.1. The molecule has 0 atom stereocenters. The lowest BCUT2D eigenvalue weighted by Crippen LogP contribution is -2.04. The number of halogens is 1. The molecule has 2 aromatic heterocycles. The van der Waals surface area contributed by atoms with Crippen molar-refractivity contribution in [2.75, 3.05) is 5.32 Å². The second-order valence-corrected chi connectivity index (χ2v) is 7.76. The summed E-state index contributed by atoms with van der Waals surface area (Å²) in [6.45, 7) is 4.13. The molecule has 0 fully saturated rings. The van der Waals surface area contributed by atoms with E-state index in [9.17, 15) is 4.39 Å². The van der Waals surface area contributed by atoms with E-state index in [1.807, 2.05) is 37.4 Å². The first-order valence-corrected chi connectivity index (χ1v) is 10.8. The summed E-state index contributed by atoms with van der Waals surface area (Å²) in [5.74, 6) is -0.259. The second-order valence-electron chi connectivity index (χ2n) is 7.76. The largest absolute Gasteiger partial charge is 0.358 e. The van der Waals surface area contributed by atoms with Crippen LogP contribution in [0, 0.1) is 12.7 Å². The summed E-state index contributed by atoms with van der Waals surface area (Å²) in [4.78, 5) is 8.77. The van der Waals surface area contributed by atoms with Gasteiger partial charge in [0.2, 0.25) is 0 Å². The monoisotopic (exact) mass is 423 g/mol. The minimum Gasteiger partial charge on any atom is -0.358 e. The van der Waals surface area contributed by atoms with Gasteiger partial charge in [-0.15, -0.1) is 0 Å². The third-order valence-electron chi connectivity index (χ3n) is 5.22. The van der Waals surface area contributed by atoms with Crippen molar-refractivity contribution >= 4 is 5.69 Å². The predicted molar refractivity (Wildman–Crippen MR) is 130 cm³/mol. The number of hydrogen-bond acceptors (Lipinski definition) is 3. The van der Waals surface area contributed by atoms with Crippen LogP contribution in [-0.4, -0.2) is 9.97 Å². The Balaban J connectivity index is 1.45. The number of benzene rings is 2. The van der Waals surface area contributed by atoms with E-state index in [1.165, 1.54) is 28.8 Å². The van der Waals surface area contributed by atoms with Gasteiger partial charge in [0.25, 0.3) is 0 Å². The highest BCUT2D eigenvalue weighted by Crippen LogP contribution is 2.23. The van der Waals surface area contributed by atoms with E-state index in [1.54, 1.807) is 12.3 Å². The van der Waals surface area contributed by atoms with E-state index in [2.05, 4.69) is 58.6 Å². The first-order chi connectivity index (χ1) is 15.6. The lowest BCUT2D eigenvalue weighted by Gasteiger charge is -2.13. The summed E-state index contributed by atoms with van der Waals surface area (Å²) in [7, 11) is 0. The molecule has 4 aromatic rings. The summed E-state index contributed by atoms with van der Waals surface area (Å²) in [5.41, 5.74) is 8.16. The van der Waals surface area contributed by atoms with E-state index in [-0.39, 0.29) is 5.82 Å². The number of aryl methyl sites for hydroxylation is 1. The van der Waals surface area contributed by atoms with Gasteiger partial charge in [-0.05, 0) is 66.4 Å². The highest BCUT2D eigenvalue weighted by Gasteiger charge is 2.05. The Labute approximate surface area is 188 Å². The van der Waals surface area contributed by atoms with Crippen molar-refractivity contribution in [2.24, 2.45) is 0 Å². The number of nitrogens with zero attached hydrogens (tertiary/aromatic N) is 2. The van der Waals surface area contributed by atoms with Crippen LogP contribution in [0.15, 0.2) is 97.0 Å². The number of allylic oxidation sites excluding steroid dienone is 2. The molecule has 0 amide bonds. The zero-order chi connectivity index (χ0) is 22.3. The van der Waals surface area contributed by atoms with Crippen molar-refractivity contribution in [2.45, 2.75) is 26.7 Å². The van der Waals surface area contributed by atoms with Crippen LogP contribution in [0.2, 0.25) is 0 Å². The Kier molecular flexibility index (Phi) is 6.71. The lowest BCUT2D eigenvalue weighted by atomic mass is 10.0. The van der Waals surface area contributed by atoms with Gasteiger partial charge in [-0.3, -0.25) is 9.97 Å². The van der Waals surface area contributed by atoms with E-state index >= 15 is 0 Å². The van der Waals surface area contributed by atoms with Crippen LogP contribution in [0.3, 0.4) is 0 Å². The molecule has 160 valence electrons. The topological polar surface area (TPSA) is 37.8 Å². The van der Waals surface area contributed by atoms with E-state index < -0.39 is 0 Å². The summed E-state index contributed by atoms with van der Waals surface area (Å²) in [5, 5.41) is 3.49. The molecule has 0 unspecified atom stereocenters. The Hall–Kier alpha value is -3.79. The number of aromatic nitrogens is 2. The maximum atomic E-state index is 13.5. The van der Waals surface area contributed by atoms with Crippen molar-refractivity contribution in [1.29, 1.82) is 0 Å². The molecule has 0 spiro atoms. The van der Waals surface area contributed by atoms with Gasteiger partial charge in [0.15, 0.2) is 0 Å². The first kappa shape index (κ1) is 21.4. The molecule has 2 aromatic carbocycles. The Morgan fingerprint density at radius 3 is 2.44 bits per heavy atom. The quantitative estimate of drug-likeness (QED) is 0.341. The predicted octanol–water partition coefficient (Wildman–Crippen LogP) is 7.21. The molecular weight excluding hydrogens is 397 g/mol. The van der Waals surface area contributed by atoms with Crippen molar-refractivity contribution in [3.8, 4) is 22.4 Å². The maximum absolute atomic E-state index is 13.5. The van der Waals surface area contributed by atoms with Crippen molar-refractivity contribution in [3.63, 3.8) is 0 Å². The standard InChI is InChI=1S/C28H26FN3/c1-3-5-26(17-21-8-10-22(11-9-21)23-14-15-30-20(2)16-23)32-27-12-13-28(31-19-27)24-6-4-7-25(29)18-24/h4-16,18-19,32H,3,17H2,1-2H3/b26-5-. The van der Waals surface area contributed by atoms with Gasteiger partial charge in [-0.2, -0.15) is 0 Å². The SMILES string of the molecule is CC/C=C(/Cc1ccc(-c2ccnc(C)c2)cc1)Nc1ccc(-c2cccc(F)c2)nc1. The average Bonchev–Trinajstić information content (AvgIpc) is 2.80. The van der Waals surface area contributed by atoms with Crippen molar-refractivity contribution in [3.05, 3.63) is 114 Å². The van der Waals surface area contributed by atoms with Gasteiger partial charge in [-0.25, -0.2) is 4.39 Å². The van der Waals surface area contributed by atoms with Gasteiger partial charge < -0.3 is 5.32 Å². The molecule has 0 bridgehead atoms. The fourth-order valence-corrected chi connectivity index (χ4v) is 3.65. The summed E-state index contributed by atoms with van der Waals surface area (Å²) < 4.78 is 13.5. The van der Waals surface area contributed by atoms with E-state index in [0.717, 1.165) is 41.2 Å². The fourth-order valence-electron chi connectivity index (χ4n) is 3.65. The summed E-state index contributed by atoms with van der Waals surface area (Å²) >= 11 is 0. The molecule has 0 saturated carbocycles. The molecule has 2 heterocycles. The smallest absolute Gasteiger partial charge is 0.123 e. The maximum Gasteiger partial charge on any atom is 0.123 e. The third kappa shape index (κ3) is 5.46. The summed E-state index contributed by atoms with van der Waals surface area (Å²) in [6.07, 6.45) is 7.57. The Morgan fingerprint density at radius 2 is 1.75 bits per heavy atom. The minimum atomic E-state index is -0.259. The number of nitrogens with one attached hydrogen (secondary N) is 1. The molecule has 0 saturated heterocycles. The zero-order valence-electron chi connectivity index (χ0n) is 18.3. The van der Waals surface area contributed by atoms with Crippen molar-refractivity contribution < 1.29 is 4.39 Å². The Morgan fingerprint density at radius 1 is 0.906 bits per heavy atom. The number of rotatable bonds is 7. The molecule has 1 N–H and O–H groups in total. The minimum absolute atomic E-state index is 0.259. The third-order valence-corrected chi connectivity index (χ3v) is 5.22. The molecule has 0 radical (unpaired) electrons. The van der Waals surface area contributed by atoms with E-state index in [4.69, 9.17) is 0 Å². The molecule has 0 aliphatic rings. The molecule has 4 heteroatoms. The zero-order valence-corrected chi connectivity index (χ0v) is 18.3. The van der Waals surface area contributed by atoms with Gasteiger partial charge in [0.05, 0.1) is 17.6 Å². The average molecular weight is 424 g/mol. The van der Waals surface area contributed by atoms with Crippen molar-refractivity contribution in [1.82, 2.24) is 9.97 Å². The molecule has 3 nitrogen and oxygen atoms in total. The molecule has 0 aliphatic heterocycles. The van der Waals surface area contributed by atoms with Crippen LogP contribution in [0.4, 0.5) is 10.1 Å². The number of hydrogen-bond donors (Lipinski definition) is 1. The fraction of sp³-hybridized carbons (Fsp3) is 0.143. The van der Waals surface area contributed by atoms with E-state index in [0.29, 0.717) is 0 Å². The molecule has 4 rings (SSSR count). The van der Waals surface area contributed by atoms with Gasteiger partial charge >= 0.3 is 0 Å². The number of pyridine rings is 2. The first-order valence-electron chi connectivity index (χ1n) is 10.8. The van der Waals surface area contributed by atoms with Crippen LogP contribution in [0.25, 0.3) is 22.4 Å². The lowest BCUT2D eigenvalue weighted by molar-refractivity contribution is 0.628. The van der Waals surface area contributed by atoms with Gasteiger partial charge in [0, 0.05) is 29.6 Å². The Bertz CT molecular complexity index is 1120. The van der Waals surface area contributed by atoms with Gasteiger partial charge in [0.1, 0.15) is 5.82 Å². The van der Waals surface area contributed by atoms with Crippen LogP contribution < -0.4 is 5.32 Å². The summed E-state index contributed by atoms with van der Waals surface area (Å²) in [6, 6.07) is 23.2. The number of anilines is 1. The highest BCUT2D eigenvalue weighted by molar-refractivity contribution is 5.64. The molecular formula is C28H26FN3. The normalized spacial score (nSPS) is 11.4. The van der Waals surface area contributed by atoms with Crippen LogP contribution >= 0.6 is 0 Å². The van der Waals surface area contributed by atoms with Crippen LogP contribution in [0.1, 0.15) is 24.6 Å². The van der Waals surface area contributed by atoms with Crippen LogP contribution in [-0.2, 0) is 6.42 Å². The second kappa shape index (κ2) is 10.0. The molecule has 32 heavy (non-hydrogen) atoms. The van der Waals surface area contributed by atoms with Crippen LogP contribution in [0.5, 0.6) is 0 Å². The van der Waals surface area contributed by atoms with Gasteiger partial charge in [-0.1, -0.05) is 49.4 Å².